The molecule has 0 bridgehead atoms. The van der Waals surface area contributed by atoms with Crippen LogP contribution in [-0.4, -0.2) is 37.2 Å². The Morgan fingerprint density at radius 1 is 1.36 bits per heavy atom. The number of benzene rings is 1. The molecule has 1 aromatic carbocycles. The van der Waals surface area contributed by atoms with Crippen LogP contribution in [0.25, 0.3) is 5.70 Å². The Kier molecular flexibility index (Phi) is 4.65. The average molecular weight is 299 g/mol. The standard InChI is InChI=1S/C17H21N3O2/c1-11(18-3)16(6-5-9-21)20-12(2)14-8-7-13(19-4)10-15(14)17(20)22/h7-10,16,18-19H,1-2,5-6H2,3-4H3. The molecule has 0 saturated carbocycles. The van der Waals surface area contributed by atoms with Crippen LogP contribution in [0.15, 0.2) is 37.1 Å². The summed E-state index contributed by atoms with van der Waals surface area (Å²) in [5.41, 5.74) is 3.66. The summed E-state index contributed by atoms with van der Waals surface area (Å²) in [5.74, 6) is -0.107. The van der Waals surface area contributed by atoms with Crippen molar-refractivity contribution in [3.8, 4) is 0 Å². The number of hydrogen-bond acceptors (Lipinski definition) is 4. The molecule has 0 radical (unpaired) electrons. The number of rotatable bonds is 7. The number of nitrogens with zero attached hydrogens (tertiary/aromatic N) is 1. The first-order valence-corrected chi connectivity index (χ1v) is 7.20. The summed E-state index contributed by atoms with van der Waals surface area (Å²) < 4.78 is 0. The molecule has 2 N–H and O–H groups in total. The lowest BCUT2D eigenvalue weighted by molar-refractivity contribution is -0.108. The molecule has 5 heteroatoms. The maximum atomic E-state index is 12.8. The van der Waals surface area contributed by atoms with Gasteiger partial charge in [-0.05, 0) is 18.6 Å². The predicted molar refractivity (Wildman–Crippen MR) is 88.5 cm³/mol. The van der Waals surface area contributed by atoms with Crippen LogP contribution in [0.2, 0.25) is 0 Å². The molecule has 1 heterocycles. The van der Waals surface area contributed by atoms with Crippen molar-refractivity contribution in [3.63, 3.8) is 0 Å². The fourth-order valence-electron chi connectivity index (χ4n) is 2.69. The maximum absolute atomic E-state index is 12.8. The summed E-state index contributed by atoms with van der Waals surface area (Å²) >= 11 is 0. The Bertz CT molecular complexity index is 637. The zero-order valence-electron chi connectivity index (χ0n) is 13.0. The first kappa shape index (κ1) is 15.8. The molecule has 1 aliphatic heterocycles. The second-order valence-electron chi connectivity index (χ2n) is 5.17. The number of aldehydes is 1. The van der Waals surface area contributed by atoms with Crippen molar-refractivity contribution in [3.05, 3.63) is 48.2 Å². The van der Waals surface area contributed by atoms with Crippen molar-refractivity contribution in [2.24, 2.45) is 0 Å². The van der Waals surface area contributed by atoms with E-state index in [1.807, 2.05) is 25.2 Å². The monoisotopic (exact) mass is 299 g/mol. The van der Waals surface area contributed by atoms with Gasteiger partial charge in [-0.2, -0.15) is 0 Å². The van der Waals surface area contributed by atoms with Gasteiger partial charge in [0.2, 0.25) is 0 Å². The van der Waals surface area contributed by atoms with E-state index in [2.05, 4.69) is 23.8 Å². The summed E-state index contributed by atoms with van der Waals surface area (Å²) in [6.45, 7) is 8.02. The third kappa shape index (κ3) is 2.62. The summed E-state index contributed by atoms with van der Waals surface area (Å²) in [4.78, 5) is 25.1. The largest absolute Gasteiger partial charge is 0.390 e. The van der Waals surface area contributed by atoms with Crippen molar-refractivity contribution >= 4 is 23.6 Å². The number of likely N-dealkylation sites (N-methyl/N-ethyl adjacent to an activating group) is 1. The first-order chi connectivity index (χ1) is 10.5. The van der Waals surface area contributed by atoms with Gasteiger partial charge in [0.25, 0.3) is 5.91 Å². The van der Waals surface area contributed by atoms with E-state index in [0.29, 0.717) is 29.8 Å². The van der Waals surface area contributed by atoms with Crippen molar-refractivity contribution in [2.75, 3.05) is 19.4 Å². The molecular formula is C17H21N3O2. The molecule has 116 valence electrons. The Hall–Kier alpha value is -2.56. The van der Waals surface area contributed by atoms with E-state index in [1.54, 1.807) is 11.9 Å². The van der Waals surface area contributed by atoms with Gasteiger partial charge in [-0.25, -0.2) is 0 Å². The maximum Gasteiger partial charge on any atom is 0.259 e. The lowest BCUT2D eigenvalue weighted by atomic mass is 10.1. The number of hydrogen-bond donors (Lipinski definition) is 2. The van der Waals surface area contributed by atoms with Crippen LogP contribution in [0.4, 0.5) is 5.69 Å². The van der Waals surface area contributed by atoms with Gasteiger partial charge in [-0.3, -0.25) is 9.69 Å². The second kappa shape index (κ2) is 6.47. The van der Waals surface area contributed by atoms with Gasteiger partial charge >= 0.3 is 0 Å². The van der Waals surface area contributed by atoms with Crippen LogP contribution in [-0.2, 0) is 4.79 Å². The van der Waals surface area contributed by atoms with E-state index >= 15 is 0 Å². The lowest BCUT2D eigenvalue weighted by Gasteiger charge is -2.30. The minimum absolute atomic E-state index is 0.107. The van der Waals surface area contributed by atoms with Gasteiger partial charge in [0, 0.05) is 43.2 Å². The fourth-order valence-corrected chi connectivity index (χ4v) is 2.69. The average Bonchev–Trinajstić information content (AvgIpc) is 2.79. The molecule has 1 aromatic rings. The normalized spacial score (nSPS) is 14.5. The van der Waals surface area contributed by atoms with Crippen LogP contribution >= 0.6 is 0 Å². The minimum atomic E-state index is -0.291. The Morgan fingerprint density at radius 2 is 2.09 bits per heavy atom. The van der Waals surface area contributed by atoms with Crippen molar-refractivity contribution in [2.45, 2.75) is 18.9 Å². The Morgan fingerprint density at radius 3 is 2.68 bits per heavy atom. The number of amides is 1. The minimum Gasteiger partial charge on any atom is -0.390 e. The van der Waals surface area contributed by atoms with Crippen LogP contribution in [0, 0.1) is 0 Å². The van der Waals surface area contributed by atoms with Gasteiger partial charge in [0.05, 0.1) is 11.6 Å². The van der Waals surface area contributed by atoms with Gasteiger partial charge in [-0.15, -0.1) is 0 Å². The van der Waals surface area contributed by atoms with E-state index < -0.39 is 0 Å². The van der Waals surface area contributed by atoms with E-state index in [9.17, 15) is 9.59 Å². The van der Waals surface area contributed by atoms with Crippen molar-refractivity contribution in [1.82, 2.24) is 10.2 Å². The molecule has 0 aliphatic carbocycles. The zero-order chi connectivity index (χ0) is 16.3. The van der Waals surface area contributed by atoms with Gasteiger partial charge < -0.3 is 15.4 Å². The van der Waals surface area contributed by atoms with Gasteiger partial charge in [0.1, 0.15) is 6.29 Å². The summed E-state index contributed by atoms with van der Waals surface area (Å²) in [7, 11) is 3.56. The first-order valence-electron chi connectivity index (χ1n) is 7.20. The molecule has 0 saturated heterocycles. The number of carbonyl (C=O) groups excluding carboxylic acids is 2. The molecule has 1 aliphatic rings. The molecule has 0 fully saturated rings. The molecule has 0 aromatic heterocycles. The lowest BCUT2D eigenvalue weighted by Crippen LogP contribution is -2.39. The second-order valence-corrected chi connectivity index (χ2v) is 5.17. The predicted octanol–water partition coefficient (Wildman–Crippen LogP) is 2.24. The number of anilines is 1. The Labute approximate surface area is 130 Å². The van der Waals surface area contributed by atoms with E-state index in [-0.39, 0.29) is 11.9 Å². The highest BCUT2D eigenvalue weighted by molar-refractivity contribution is 6.09. The highest BCUT2D eigenvalue weighted by atomic mass is 16.2. The molecule has 2 rings (SSSR count). The number of carbonyl (C=O) groups is 2. The zero-order valence-corrected chi connectivity index (χ0v) is 13.0. The van der Waals surface area contributed by atoms with Crippen LogP contribution in [0.3, 0.4) is 0 Å². The van der Waals surface area contributed by atoms with Crippen molar-refractivity contribution < 1.29 is 9.59 Å². The van der Waals surface area contributed by atoms with Gasteiger partial charge in [-0.1, -0.05) is 19.2 Å². The smallest absolute Gasteiger partial charge is 0.259 e. The van der Waals surface area contributed by atoms with Crippen LogP contribution < -0.4 is 10.6 Å². The summed E-state index contributed by atoms with van der Waals surface area (Å²) in [6, 6.07) is 5.33. The quantitative estimate of drug-likeness (QED) is 0.758. The highest BCUT2D eigenvalue weighted by Gasteiger charge is 2.36. The molecule has 5 nitrogen and oxygen atoms in total. The topological polar surface area (TPSA) is 61.4 Å². The molecule has 1 unspecified atom stereocenters. The van der Waals surface area contributed by atoms with E-state index in [0.717, 1.165) is 17.5 Å². The van der Waals surface area contributed by atoms with Gasteiger partial charge in [0.15, 0.2) is 0 Å². The number of nitrogens with one attached hydrogen (secondary N) is 2. The van der Waals surface area contributed by atoms with E-state index in [4.69, 9.17) is 0 Å². The third-order valence-corrected chi connectivity index (χ3v) is 3.95. The van der Waals surface area contributed by atoms with Crippen molar-refractivity contribution in [1.29, 1.82) is 0 Å². The molecular weight excluding hydrogens is 278 g/mol. The summed E-state index contributed by atoms with van der Waals surface area (Å²) in [6.07, 6.45) is 1.73. The fraction of sp³-hybridized carbons (Fsp3) is 0.294. The SMILES string of the molecule is C=C(NC)C(CCC=O)N1C(=C)c2ccc(NC)cc2C1=O. The third-order valence-electron chi connectivity index (χ3n) is 3.95. The Balaban J connectivity index is 2.39. The number of fused-ring (bicyclic) bond motifs is 1. The summed E-state index contributed by atoms with van der Waals surface area (Å²) in [5, 5.41) is 6.01. The molecule has 22 heavy (non-hydrogen) atoms. The highest BCUT2D eigenvalue weighted by Crippen LogP contribution is 2.36. The molecule has 1 amide bonds. The van der Waals surface area contributed by atoms with E-state index in [1.165, 1.54) is 0 Å². The molecule has 0 spiro atoms. The van der Waals surface area contributed by atoms with Crippen LogP contribution in [0.5, 0.6) is 0 Å². The van der Waals surface area contributed by atoms with Crippen LogP contribution in [0.1, 0.15) is 28.8 Å². The molecule has 1 atom stereocenters.